The Kier molecular flexibility index (Phi) is 32.3. The van der Waals surface area contributed by atoms with E-state index in [-0.39, 0.29) is 69.0 Å². The molecule has 672 valence electrons. The van der Waals surface area contributed by atoms with Crippen molar-refractivity contribution in [2.45, 2.75) is 340 Å². The number of unbranched alkanes of at least 4 members (excludes halogenated alkanes) is 8. The van der Waals surface area contributed by atoms with Gasteiger partial charge in [0.2, 0.25) is 0 Å². The second kappa shape index (κ2) is 41.0. The van der Waals surface area contributed by atoms with Crippen molar-refractivity contribution in [1.82, 2.24) is 0 Å². The summed E-state index contributed by atoms with van der Waals surface area (Å²) in [6, 6.07) is 39.9. The first-order valence-corrected chi connectivity index (χ1v) is 46.0. The minimum absolute atomic E-state index is 0.187. The van der Waals surface area contributed by atoms with Gasteiger partial charge in [-0.2, -0.15) is 0 Å². The largest absolute Gasteiger partial charge is 0.493 e. The van der Waals surface area contributed by atoms with E-state index >= 15 is 19.2 Å². The Morgan fingerprint density at radius 1 is 0.234 bits per heavy atom. The van der Waals surface area contributed by atoms with Crippen LogP contribution in [-0.2, 0) is 69.0 Å². The monoisotopic (exact) mass is 1690 g/mol. The standard InChI is InChI=1S/C108H152N8O8/c1-29-33-37-43-121-93-69-47-71-53-85(110-98(118)114-89-64-80(104(14,15)16)60-81(65-89)105(17,18)19)55-73(94(71)122-44-38-34-30-2)49-75-57-87(112-100(120)116-92-68-77(101(5,6)7)41-42-91(92)108(26,27)28)58-76(96(75)124-46-40-36-32-4)50-74-56-86(111-99(119)115-90-66-82(106(20,21)22)61-83(67-90)107(23,24)25)54-72(95(74)123-45-39-35-31-3)48-70(93)52-84(51-69)109-97(117)113-88-62-78(102(8,9)10)59-79(63-88)103(11,12)13/h41-42,51-68H,29-40,43-50H2,1-28H3,(H2,109,113,117)(H2,110,114,118)(H2,111,115,119)(H2,112,116,120). The van der Waals surface area contributed by atoms with Crippen LogP contribution in [-0.4, -0.2) is 50.6 Å². The number of amides is 8. The quantitative estimate of drug-likeness (QED) is 0.0221. The number of anilines is 8. The molecular weight excluding hydrogens is 1540 g/mol. The van der Waals surface area contributed by atoms with Gasteiger partial charge in [-0.05, 0) is 205 Å². The average Bonchev–Trinajstić information content (AvgIpc) is 0.767. The number of carbonyl (C=O) groups is 4. The average molecular weight is 1690 g/mol. The van der Waals surface area contributed by atoms with E-state index < -0.39 is 24.1 Å². The maximum atomic E-state index is 15.4. The summed E-state index contributed by atoms with van der Waals surface area (Å²) in [6.07, 6.45) is 11.4. The van der Waals surface area contributed by atoms with Gasteiger partial charge in [-0.15, -0.1) is 0 Å². The van der Waals surface area contributed by atoms with Gasteiger partial charge in [-0.1, -0.05) is 276 Å². The number of nitrogens with one attached hydrogen (secondary N) is 8. The normalized spacial score (nSPS) is 12.9. The summed E-state index contributed by atoms with van der Waals surface area (Å²) in [6.45, 7) is 62.6. The van der Waals surface area contributed by atoms with Crippen LogP contribution in [0.15, 0.2) is 121 Å². The second-order valence-electron chi connectivity index (χ2n) is 42.9. The Bertz CT molecular complexity index is 4750. The topological polar surface area (TPSA) is 201 Å². The van der Waals surface area contributed by atoms with E-state index in [1.807, 2.05) is 48.5 Å². The molecule has 0 aliphatic heterocycles. The summed E-state index contributed by atoms with van der Waals surface area (Å²) < 4.78 is 29.5. The fourth-order valence-corrected chi connectivity index (χ4v) is 15.7. The van der Waals surface area contributed by atoms with Gasteiger partial charge in [0, 0.05) is 116 Å². The molecule has 0 radical (unpaired) electrons. The number of hydrogen-bond donors (Lipinski definition) is 8. The van der Waals surface area contributed by atoms with Gasteiger partial charge in [0.15, 0.2) is 0 Å². The number of benzene rings is 8. The molecule has 8 bridgehead atoms. The van der Waals surface area contributed by atoms with E-state index in [0.29, 0.717) is 94.9 Å². The highest BCUT2D eigenvalue weighted by Crippen LogP contribution is 2.46. The van der Waals surface area contributed by atoms with Crippen molar-refractivity contribution in [3.05, 3.63) is 210 Å². The summed E-state index contributed by atoms with van der Waals surface area (Å²) >= 11 is 0. The lowest BCUT2D eigenvalue weighted by molar-refractivity contribution is 0.261. The van der Waals surface area contributed by atoms with Gasteiger partial charge in [-0.25, -0.2) is 19.2 Å². The van der Waals surface area contributed by atoms with Crippen LogP contribution in [0, 0.1) is 0 Å². The highest BCUT2D eigenvalue weighted by molar-refractivity contribution is 6.03. The van der Waals surface area contributed by atoms with Gasteiger partial charge in [0.1, 0.15) is 23.0 Å². The molecule has 0 heterocycles. The summed E-state index contributed by atoms with van der Waals surface area (Å²) in [7, 11) is 0. The number of rotatable bonds is 28. The number of carbonyl (C=O) groups excluding carboxylic acids is 4. The lowest BCUT2D eigenvalue weighted by atomic mass is 9.80. The minimum atomic E-state index is -0.435. The van der Waals surface area contributed by atoms with Gasteiger partial charge in [-0.3, -0.25) is 0 Å². The molecule has 16 heteroatoms. The van der Waals surface area contributed by atoms with Crippen molar-refractivity contribution >= 4 is 69.6 Å². The molecule has 8 amide bonds. The van der Waals surface area contributed by atoms with Crippen LogP contribution < -0.4 is 61.5 Å². The fourth-order valence-electron chi connectivity index (χ4n) is 15.7. The zero-order valence-corrected chi connectivity index (χ0v) is 81.0. The molecule has 0 saturated carbocycles. The third-order valence-corrected chi connectivity index (χ3v) is 23.2. The SMILES string of the molecule is CCCCCOc1c2cc(NC(=O)Nc3cc(C(C)(C)C)cc(C(C)(C)C)c3)cc1Cc1cc(NC(=O)Nc3cc(C(C)(C)C)cc(C(C)(C)C)c3)cc(c1OCCCCC)Cc1cc(NC(=O)Nc3cc(C(C)(C)C)ccc3C(C)(C)C)cc(c1OCCCCC)Cc1cc(NC(=O)Nc3cc(C(C)(C)C)cc(C(C)(C)C)c3)cc(c1OCCCCC)C2. The minimum Gasteiger partial charge on any atom is -0.493 e. The van der Waals surface area contributed by atoms with Crippen molar-refractivity contribution in [2.75, 3.05) is 69.0 Å². The second-order valence-corrected chi connectivity index (χ2v) is 42.9. The van der Waals surface area contributed by atoms with Crippen LogP contribution in [0.3, 0.4) is 0 Å². The smallest absolute Gasteiger partial charge is 0.323 e. The van der Waals surface area contributed by atoms with Crippen LogP contribution in [0.5, 0.6) is 23.0 Å². The van der Waals surface area contributed by atoms with Crippen LogP contribution in [0.1, 0.15) is 360 Å². The van der Waals surface area contributed by atoms with Crippen LogP contribution in [0.25, 0.3) is 0 Å². The molecule has 9 rings (SSSR count). The number of ether oxygens (including phenoxy) is 4. The molecule has 8 aromatic carbocycles. The Balaban J connectivity index is 1.39. The van der Waals surface area contributed by atoms with E-state index in [2.05, 4.69) is 309 Å². The van der Waals surface area contributed by atoms with E-state index in [0.717, 1.165) is 166 Å². The van der Waals surface area contributed by atoms with Crippen LogP contribution >= 0.6 is 0 Å². The fraction of sp³-hybridized carbons (Fsp3) is 0.519. The molecule has 0 fully saturated rings. The zero-order valence-electron chi connectivity index (χ0n) is 81.0. The molecule has 0 saturated heterocycles. The summed E-state index contributed by atoms with van der Waals surface area (Å²) in [5.41, 5.74) is 17.4. The molecule has 8 N–H and O–H groups in total. The highest BCUT2D eigenvalue weighted by Gasteiger charge is 2.31. The Morgan fingerprint density at radius 3 is 0.613 bits per heavy atom. The van der Waals surface area contributed by atoms with Gasteiger partial charge in [0.25, 0.3) is 0 Å². The first-order valence-electron chi connectivity index (χ1n) is 46.0. The van der Waals surface area contributed by atoms with Gasteiger partial charge in [0.05, 0.1) is 26.4 Å². The predicted molar refractivity (Wildman–Crippen MR) is 523 cm³/mol. The van der Waals surface area contributed by atoms with Crippen molar-refractivity contribution in [1.29, 1.82) is 0 Å². The van der Waals surface area contributed by atoms with Gasteiger partial charge >= 0.3 is 24.1 Å². The molecule has 1 aliphatic rings. The van der Waals surface area contributed by atoms with E-state index in [4.69, 9.17) is 18.9 Å². The molecule has 8 aromatic rings. The van der Waals surface area contributed by atoms with E-state index in [9.17, 15) is 0 Å². The maximum absolute atomic E-state index is 15.4. The highest BCUT2D eigenvalue weighted by atomic mass is 16.5. The number of fused-ring (bicyclic) bond motifs is 8. The predicted octanol–water partition coefficient (Wildman–Crippen LogP) is 29.6. The zero-order chi connectivity index (χ0) is 91.2. The number of urea groups is 4. The molecular formula is C108H152N8O8. The third-order valence-electron chi connectivity index (χ3n) is 23.2. The Hall–Kier alpha value is -9.96. The van der Waals surface area contributed by atoms with Crippen molar-refractivity contribution < 1.29 is 38.1 Å². The molecule has 0 unspecified atom stereocenters. The molecule has 0 spiro atoms. The van der Waals surface area contributed by atoms with Gasteiger partial charge < -0.3 is 61.5 Å². The third kappa shape index (κ3) is 27.8. The maximum Gasteiger partial charge on any atom is 0.323 e. The molecule has 0 aromatic heterocycles. The summed E-state index contributed by atoms with van der Waals surface area (Å²) in [5, 5.41) is 26.7. The summed E-state index contributed by atoms with van der Waals surface area (Å²) in [5.74, 6) is 2.48. The van der Waals surface area contributed by atoms with Crippen molar-refractivity contribution in [3.63, 3.8) is 0 Å². The van der Waals surface area contributed by atoms with Crippen LogP contribution in [0.4, 0.5) is 64.7 Å². The van der Waals surface area contributed by atoms with Crippen LogP contribution in [0.2, 0.25) is 0 Å². The Morgan fingerprint density at radius 2 is 0.427 bits per heavy atom. The first-order chi connectivity index (χ1) is 57.9. The first kappa shape index (κ1) is 97.8. The van der Waals surface area contributed by atoms with E-state index in [1.165, 1.54) is 0 Å². The molecule has 1 aliphatic carbocycles. The van der Waals surface area contributed by atoms with Crippen molar-refractivity contribution in [3.8, 4) is 23.0 Å². The molecule has 124 heavy (non-hydrogen) atoms. The lowest BCUT2D eigenvalue weighted by Crippen LogP contribution is -2.24. The summed E-state index contributed by atoms with van der Waals surface area (Å²) in [4.78, 5) is 61.3. The molecule has 0 atom stereocenters. The lowest BCUT2D eigenvalue weighted by Gasteiger charge is -2.27. The Labute approximate surface area is 745 Å². The van der Waals surface area contributed by atoms with E-state index in [1.54, 1.807) is 0 Å². The molecule has 16 nitrogen and oxygen atoms in total. The number of hydrogen-bond acceptors (Lipinski definition) is 8. The van der Waals surface area contributed by atoms with Crippen molar-refractivity contribution in [2.24, 2.45) is 0 Å².